The summed E-state index contributed by atoms with van der Waals surface area (Å²) < 4.78 is 0. The Balaban J connectivity index is 2.08. The molecule has 2 aromatic carbocycles. The molecule has 102 valence electrons. The summed E-state index contributed by atoms with van der Waals surface area (Å²) in [4.78, 5) is 14.7. The first-order valence-corrected chi connectivity index (χ1v) is 7.65. The SMILES string of the molecule is CN1C(C=O)c2ccccc2SC1c1ccccc1Cl. The van der Waals surface area contributed by atoms with Crippen LogP contribution in [-0.2, 0) is 4.79 Å². The Morgan fingerprint density at radius 3 is 2.45 bits per heavy atom. The molecule has 0 aromatic heterocycles. The van der Waals surface area contributed by atoms with Gasteiger partial charge in [0.15, 0.2) is 0 Å². The third kappa shape index (κ3) is 2.26. The molecule has 0 saturated carbocycles. The number of benzene rings is 2. The lowest BCUT2D eigenvalue weighted by Gasteiger charge is -2.38. The number of carbonyl (C=O) groups is 1. The summed E-state index contributed by atoms with van der Waals surface area (Å²) in [7, 11) is 1.97. The fourth-order valence-corrected chi connectivity index (χ4v) is 4.18. The van der Waals surface area contributed by atoms with Crippen molar-refractivity contribution in [1.29, 1.82) is 0 Å². The minimum Gasteiger partial charge on any atom is -0.301 e. The van der Waals surface area contributed by atoms with Gasteiger partial charge in [-0.25, -0.2) is 0 Å². The number of halogens is 1. The van der Waals surface area contributed by atoms with Crippen LogP contribution in [0.5, 0.6) is 0 Å². The topological polar surface area (TPSA) is 20.3 Å². The van der Waals surface area contributed by atoms with E-state index in [1.807, 2.05) is 49.5 Å². The number of aldehydes is 1. The number of likely N-dealkylation sites (N-methyl/N-ethyl adjacent to an activating group) is 1. The highest BCUT2D eigenvalue weighted by Gasteiger charge is 2.33. The van der Waals surface area contributed by atoms with E-state index < -0.39 is 0 Å². The Kier molecular flexibility index (Phi) is 3.83. The molecule has 0 bridgehead atoms. The van der Waals surface area contributed by atoms with Crippen LogP contribution in [0.4, 0.5) is 0 Å². The molecule has 0 fully saturated rings. The second-order valence-corrected chi connectivity index (χ2v) is 6.31. The van der Waals surface area contributed by atoms with E-state index in [0.29, 0.717) is 0 Å². The molecule has 0 saturated heterocycles. The standard InChI is InChI=1S/C16H14ClNOS/c1-18-14(10-19)12-7-3-5-9-15(12)20-16(18)11-6-2-4-8-13(11)17/h2-10,14,16H,1H3. The fourth-order valence-electron chi connectivity index (χ4n) is 2.53. The number of carbonyl (C=O) groups excluding carboxylic acids is 1. The highest BCUT2D eigenvalue weighted by Crippen LogP contribution is 2.49. The summed E-state index contributed by atoms with van der Waals surface area (Å²) >= 11 is 8.05. The van der Waals surface area contributed by atoms with Gasteiger partial charge in [-0.3, -0.25) is 4.90 Å². The van der Waals surface area contributed by atoms with E-state index in [-0.39, 0.29) is 11.4 Å². The van der Waals surface area contributed by atoms with Crippen LogP contribution in [0.25, 0.3) is 0 Å². The molecule has 2 atom stereocenters. The van der Waals surface area contributed by atoms with Crippen molar-refractivity contribution in [1.82, 2.24) is 4.90 Å². The molecule has 3 rings (SSSR count). The molecule has 0 amide bonds. The fraction of sp³-hybridized carbons (Fsp3) is 0.188. The molecule has 2 aromatic rings. The molecule has 2 unspecified atom stereocenters. The molecule has 1 aliphatic heterocycles. The molecule has 4 heteroatoms. The molecular formula is C16H14ClNOS. The minimum absolute atomic E-state index is 0.0498. The number of rotatable bonds is 2. The van der Waals surface area contributed by atoms with Crippen LogP contribution >= 0.6 is 23.4 Å². The van der Waals surface area contributed by atoms with E-state index in [4.69, 9.17) is 11.6 Å². The molecular weight excluding hydrogens is 290 g/mol. The van der Waals surface area contributed by atoms with Crippen LogP contribution in [0, 0.1) is 0 Å². The summed E-state index contributed by atoms with van der Waals surface area (Å²) in [5.41, 5.74) is 2.11. The molecule has 2 nitrogen and oxygen atoms in total. The number of nitrogens with zero attached hydrogens (tertiary/aromatic N) is 1. The number of hydrogen-bond donors (Lipinski definition) is 0. The van der Waals surface area contributed by atoms with Crippen LogP contribution < -0.4 is 0 Å². The van der Waals surface area contributed by atoms with Crippen molar-refractivity contribution < 1.29 is 4.79 Å². The number of hydrogen-bond acceptors (Lipinski definition) is 3. The van der Waals surface area contributed by atoms with Crippen molar-refractivity contribution in [2.24, 2.45) is 0 Å². The van der Waals surface area contributed by atoms with E-state index in [0.717, 1.165) is 27.3 Å². The molecule has 1 heterocycles. The lowest BCUT2D eigenvalue weighted by atomic mass is 10.1. The van der Waals surface area contributed by atoms with E-state index >= 15 is 0 Å². The van der Waals surface area contributed by atoms with Crippen LogP contribution in [0.1, 0.15) is 22.5 Å². The van der Waals surface area contributed by atoms with Gasteiger partial charge in [-0.15, -0.1) is 11.8 Å². The van der Waals surface area contributed by atoms with Gasteiger partial charge < -0.3 is 4.79 Å². The Morgan fingerprint density at radius 1 is 1.10 bits per heavy atom. The molecule has 0 N–H and O–H groups in total. The first-order chi connectivity index (χ1) is 9.72. The van der Waals surface area contributed by atoms with Gasteiger partial charge in [0.2, 0.25) is 0 Å². The minimum atomic E-state index is -0.228. The van der Waals surface area contributed by atoms with Crippen LogP contribution in [0.2, 0.25) is 5.02 Å². The van der Waals surface area contributed by atoms with E-state index in [9.17, 15) is 4.79 Å². The quantitative estimate of drug-likeness (QED) is 0.771. The zero-order valence-corrected chi connectivity index (χ0v) is 12.6. The van der Waals surface area contributed by atoms with Crippen molar-refractivity contribution in [2.75, 3.05) is 7.05 Å². The van der Waals surface area contributed by atoms with Gasteiger partial charge in [0.25, 0.3) is 0 Å². The van der Waals surface area contributed by atoms with Crippen molar-refractivity contribution in [3.63, 3.8) is 0 Å². The lowest BCUT2D eigenvalue weighted by Crippen LogP contribution is -2.32. The van der Waals surface area contributed by atoms with Crippen molar-refractivity contribution in [2.45, 2.75) is 16.3 Å². The van der Waals surface area contributed by atoms with Gasteiger partial charge in [-0.1, -0.05) is 48.0 Å². The van der Waals surface area contributed by atoms with E-state index in [1.165, 1.54) is 0 Å². The largest absolute Gasteiger partial charge is 0.301 e. The maximum atomic E-state index is 11.5. The Bertz CT molecular complexity index is 646. The smallest absolute Gasteiger partial charge is 0.141 e. The monoisotopic (exact) mass is 303 g/mol. The predicted molar refractivity (Wildman–Crippen MR) is 83.1 cm³/mol. The second kappa shape index (κ2) is 5.60. The third-order valence-electron chi connectivity index (χ3n) is 3.59. The summed E-state index contributed by atoms with van der Waals surface area (Å²) in [5.74, 6) is 0. The number of thioether (sulfide) groups is 1. The van der Waals surface area contributed by atoms with Gasteiger partial charge in [-0.05, 0) is 30.3 Å². The maximum absolute atomic E-state index is 11.5. The van der Waals surface area contributed by atoms with Crippen LogP contribution in [0.15, 0.2) is 53.4 Å². The van der Waals surface area contributed by atoms with Crippen molar-refractivity contribution in [3.05, 3.63) is 64.7 Å². The van der Waals surface area contributed by atoms with Crippen molar-refractivity contribution >= 4 is 29.6 Å². The van der Waals surface area contributed by atoms with Gasteiger partial charge in [0.1, 0.15) is 6.29 Å². The Hall–Kier alpha value is -1.29. The van der Waals surface area contributed by atoms with Gasteiger partial charge in [-0.2, -0.15) is 0 Å². The van der Waals surface area contributed by atoms with E-state index in [1.54, 1.807) is 11.8 Å². The second-order valence-electron chi connectivity index (χ2n) is 4.78. The van der Waals surface area contributed by atoms with Crippen LogP contribution in [-0.4, -0.2) is 18.2 Å². The van der Waals surface area contributed by atoms with Crippen molar-refractivity contribution in [3.8, 4) is 0 Å². The highest BCUT2D eigenvalue weighted by atomic mass is 35.5. The lowest BCUT2D eigenvalue weighted by molar-refractivity contribution is -0.112. The Labute approximate surface area is 127 Å². The molecule has 0 radical (unpaired) electrons. The zero-order valence-electron chi connectivity index (χ0n) is 11.0. The van der Waals surface area contributed by atoms with E-state index in [2.05, 4.69) is 11.0 Å². The maximum Gasteiger partial charge on any atom is 0.141 e. The summed E-state index contributed by atoms with van der Waals surface area (Å²) in [6, 6.07) is 15.6. The summed E-state index contributed by atoms with van der Waals surface area (Å²) in [6.07, 6.45) is 1.00. The average Bonchev–Trinajstić information content (AvgIpc) is 2.47. The summed E-state index contributed by atoms with van der Waals surface area (Å²) in [5, 5.41) is 0.787. The molecule has 1 aliphatic rings. The molecule has 0 spiro atoms. The normalized spacial score (nSPS) is 22.3. The van der Waals surface area contributed by atoms with Gasteiger partial charge >= 0.3 is 0 Å². The average molecular weight is 304 g/mol. The number of fused-ring (bicyclic) bond motifs is 1. The van der Waals surface area contributed by atoms with Crippen LogP contribution in [0.3, 0.4) is 0 Å². The first kappa shape index (κ1) is 13.7. The first-order valence-electron chi connectivity index (χ1n) is 6.39. The third-order valence-corrected chi connectivity index (χ3v) is 5.36. The predicted octanol–water partition coefficient (Wildman–Crippen LogP) is 4.32. The molecule has 0 aliphatic carbocycles. The summed E-state index contributed by atoms with van der Waals surface area (Å²) in [6.45, 7) is 0. The molecule has 20 heavy (non-hydrogen) atoms. The van der Waals surface area contributed by atoms with Gasteiger partial charge in [0, 0.05) is 9.92 Å². The van der Waals surface area contributed by atoms with Gasteiger partial charge in [0.05, 0.1) is 11.4 Å². The zero-order chi connectivity index (χ0) is 14.1. The Morgan fingerprint density at radius 2 is 1.75 bits per heavy atom. The highest BCUT2D eigenvalue weighted by molar-refractivity contribution is 7.99.